The molecule has 9 heteroatoms. The first-order valence-corrected chi connectivity index (χ1v) is 13.4. The molecule has 4 aromatic rings. The highest BCUT2D eigenvalue weighted by Gasteiger charge is 2.33. The van der Waals surface area contributed by atoms with Gasteiger partial charge in [0.1, 0.15) is 5.82 Å². The number of nitrogens with zero attached hydrogens (tertiary/aromatic N) is 3. The number of hydrogen-bond acceptors (Lipinski definition) is 5. The van der Waals surface area contributed by atoms with E-state index < -0.39 is 22.2 Å². The second-order valence-corrected chi connectivity index (χ2v) is 10.9. The number of aryl methyl sites for hydroxylation is 2. The Morgan fingerprint density at radius 1 is 1.03 bits per heavy atom. The van der Waals surface area contributed by atoms with Crippen molar-refractivity contribution in [3.05, 3.63) is 89.2 Å². The lowest BCUT2D eigenvalue weighted by atomic mass is 10.1. The summed E-state index contributed by atoms with van der Waals surface area (Å²) in [5.41, 5.74) is 4.76. The molecule has 192 valence electrons. The van der Waals surface area contributed by atoms with E-state index in [1.54, 1.807) is 31.2 Å². The summed E-state index contributed by atoms with van der Waals surface area (Å²) in [7, 11) is -4.23. The lowest BCUT2D eigenvalue weighted by Crippen LogP contribution is -2.43. The molecule has 0 aliphatic rings. The number of rotatable bonds is 8. The van der Waals surface area contributed by atoms with Gasteiger partial charge in [-0.25, -0.2) is 18.2 Å². The van der Waals surface area contributed by atoms with Crippen molar-refractivity contribution in [2.45, 2.75) is 51.5 Å². The Balaban J connectivity index is 1.62. The van der Waals surface area contributed by atoms with Gasteiger partial charge in [0.05, 0.1) is 22.0 Å². The molecule has 1 aromatic heterocycles. The van der Waals surface area contributed by atoms with Gasteiger partial charge in [0.25, 0.3) is 10.0 Å². The zero-order valence-electron chi connectivity index (χ0n) is 21.2. The van der Waals surface area contributed by atoms with Crippen molar-refractivity contribution in [3.8, 4) is 5.69 Å². The minimum atomic E-state index is -4.23. The van der Waals surface area contributed by atoms with Crippen molar-refractivity contribution in [2.24, 2.45) is 0 Å². The number of hydrogen-bond donors (Lipinski definition) is 1. The summed E-state index contributed by atoms with van der Waals surface area (Å²) in [6.45, 7) is 6.95. The number of aromatic nitrogens is 2. The van der Waals surface area contributed by atoms with Crippen LogP contribution in [0.3, 0.4) is 0 Å². The average molecular weight is 520 g/mol. The first-order chi connectivity index (χ1) is 17.5. The molecule has 8 nitrogen and oxygen atoms in total. The molecule has 0 aliphatic heterocycles. The fourth-order valence-corrected chi connectivity index (χ4v) is 5.89. The van der Waals surface area contributed by atoms with Crippen molar-refractivity contribution in [1.82, 2.24) is 13.9 Å². The molecule has 0 saturated carbocycles. The number of carboxylic acid groups (broad SMARTS) is 1. The Labute approximate surface area is 216 Å². The fourth-order valence-electron chi connectivity index (χ4n) is 4.43. The van der Waals surface area contributed by atoms with Crippen LogP contribution in [-0.4, -0.2) is 45.3 Å². The minimum Gasteiger partial charge on any atom is -0.464 e. The van der Waals surface area contributed by atoms with E-state index in [0.717, 1.165) is 33.7 Å². The van der Waals surface area contributed by atoms with Gasteiger partial charge in [-0.15, -0.1) is 0 Å². The second-order valence-electron chi connectivity index (χ2n) is 9.09. The first-order valence-electron chi connectivity index (χ1n) is 12.0. The molecule has 4 rings (SSSR count). The standard InChI is InChI=1S/C28H29N3O5S/c1-5-27-29-25-17-22(20(4)32)10-15-26(25)30(27)23-11-8-21(9-12-23)16-19(3)31(28(33)34)37(35,36)24-13-6-18(2)7-14-24/h6-15,17,19H,5,16H2,1-4H3,(H,33,34)/t19-/m0/s1. The number of benzene rings is 3. The van der Waals surface area contributed by atoms with Crippen LogP contribution in [0.1, 0.15) is 48.1 Å². The topological polar surface area (TPSA) is 110 Å². The van der Waals surface area contributed by atoms with Gasteiger partial charge < -0.3 is 5.11 Å². The quantitative estimate of drug-likeness (QED) is 0.312. The Bertz CT molecular complexity index is 1570. The third-order valence-electron chi connectivity index (χ3n) is 6.34. The summed E-state index contributed by atoms with van der Waals surface area (Å²) in [4.78, 5) is 28.4. The molecule has 1 heterocycles. The smallest absolute Gasteiger partial charge is 0.421 e. The van der Waals surface area contributed by atoms with Gasteiger partial charge in [0, 0.05) is 17.7 Å². The van der Waals surface area contributed by atoms with Gasteiger partial charge in [-0.05, 0) is 75.2 Å². The van der Waals surface area contributed by atoms with Crippen molar-refractivity contribution in [1.29, 1.82) is 0 Å². The van der Waals surface area contributed by atoms with Crippen LogP contribution >= 0.6 is 0 Å². The SMILES string of the molecule is CCc1nc2cc(C(C)=O)ccc2n1-c1ccc(C[C@H](C)N(C(=O)O)S(=O)(=O)c2ccc(C)cc2)cc1. The van der Waals surface area contributed by atoms with E-state index >= 15 is 0 Å². The largest absolute Gasteiger partial charge is 0.464 e. The second kappa shape index (κ2) is 10.2. The van der Waals surface area contributed by atoms with Crippen molar-refractivity contribution in [3.63, 3.8) is 0 Å². The van der Waals surface area contributed by atoms with E-state index in [1.807, 2.05) is 48.7 Å². The van der Waals surface area contributed by atoms with Crippen molar-refractivity contribution < 1.29 is 23.1 Å². The van der Waals surface area contributed by atoms with Crippen molar-refractivity contribution >= 4 is 32.9 Å². The maximum Gasteiger partial charge on any atom is 0.421 e. The van der Waals surface area contributed by atoms with Gasteiger partial charge in [-0.1, -0.05) is 36.8 Å². The predicted molar refractivity (Wildman–Crippen MR) is 142 cm³/mol. The number of Topliss-reactive ketones (excluding diaryl/α,β-unsaturated/α-hetero) is 1. The predicted octanol–water partition coefficient (Wildman–Crippen LogP) is 5.40. The molecule has 0 fully saturated rings. The van der Waals surface area contributed by atoms with Gasteiger partial charge >= 0.3 is 6.09 Å². The van der Waals surface area contributed by atoms with Gasteiger partial charge in [0.2, 0.25) is 0 Å². The van der Waals surface area contributed by atoms with E-state index in [0.29, 0.717) is 16.3 Å². The van der Waals surface area contributed by atoms with E-state index in [9.17, 15) is 23.1 Å². The van der Waals surface area contributed by atoms with Crippen LogP contribution in [0.5, 0.6) is 0 Å². The number of carbonyl (C=O) groups is 2. The highest BCUT2D eigenvalue weighted by atomic mass is 32.2. The zero-order chi connectivity index (χ0) is 26.9. The van der Waals surface area contributed by atoms with Gasteiger partial charge in [-0.2, -0.15) is 4.31 Å². The van der Waals surface area contributed by atoms with E-state index in [4.69, 9.17) is 4.98 Å². The lowest BCUT2D eigenvalue weighted by molar-refractivity contribution is 0.101. The summed E-state index contributed by atoms with van der Waals surface area (Å²) < 4.78 is 28.8. The summed E-state index contributed by atoms with van der Waals surface area (Å²) in [6, 6.07) is 18.3. The van der Waals surface area contributed by atoms with Crippen LogP contribution in [-0.2, 0) is 22.9 Å². The molecule has 37 heavy (non-hydrogen) atoms. The molecule has 0 unspecified atom stereocenters. The third kappa shape index (κ3) is 5.13. The molecule has 0 aliphatic carbocycles. The van der Waals surface area contributed by atoms with E-state index in [-0.39, 0.29) is 17.1 Å². The van der Waals surface area contributed by atoms with Crippen LogP contribution in [0.25, 0.3) is 16.7 Å². The maximum atomic E-state index is 13.1. The highest BCUT2D eigenvalue weighted by molar-refractivity contribution is 7.89. The molecule has 1 N–H and O–H groups in total. The zero-order valence-corrected chi connectivity index (χ0v) is 22.0. The van der Waals surface area contributed by atoms with Crippen LogP contribution < -0.4 is 0 Å². The highest BCUT2D eigenvalue weighted by Crippen LogP contribution is 2.25. The number of carbonyl (C=O) groups excluding carboxylic acids is 1. The van der Waals surface area contributed by atoms with Crippen LogP contribution in [0.4, 0.5) is 4.79 Å². The van der Waals surface area contributed by atoms with Gasteiger partial charge in [-0.3, -0.25) is 9.36 Å². The maximum absolute atomic E-state index is 13.1. The fraction of sp³-hybridized carbons (Fsp3) is 0.250. The van der Waals surface area contributed by atoms with Crippen LogP contribution in [0.2, 0.25) is 0 Å². The molecule has 1 amide bonds. The molecule has 0 saturated heterocycles. The number of fused-ring (bicyclic) bond motifs is 1. The molecule has 0 spiro atoms. The van der Waals surface area contributed by atoms with Gasteiger partial charge in [0.15, 0.2) is 5.78 Å². The molecule has 1 atom stereocenters. The summed E-state index contributed by atoms with van der Waals surface area (Å²) in [5, 5.41) is 9.77. The Morgan fingerprint density at radius 3 is 2.24 bits per heavy atom. The van der Waals surface area contributed by atoms with Crippen molar-refractivity contribution in [2.75, 3.05) is 0 Å². The normalized spacial score (nSPS) is 12.4. The number of imidazole rings is 1. The monoisotopic (exact) mass is 519 g/mol. The molecule has 0 radical (unpaired) electrons. The van der Waals surface area contributed by atoms with Crippen LogP contribution in [0.15, 0.2) is 71.6 Å². The van der Waals surface area contributed by atoms with Crippen LogP contribution in [0, 0.1) is 6.92 Å². The Hall–Kier alpha value is -3.98. The lowest BCUT2D eigenvalue weighted by Gasteiger charge is -2.26. The van der Waals surface area contributed by atoms with E-state index in [2.05, 4.69) is 0 Å². The number of amides is 1. The molecular formula is C28H29N3O5S. The first kappa shape index (κ1) is 26.1. The molecule has 0 bridgehead atoms. The summed E-state index contributed by atoms with van der Waals surface area (Å²) >= 11 is 0. The van der Waals surface area contributed by atoms with E-state index in [1.165, 1.54) is 19.1 Å². The third-order valence-corrected chi connectivity index (χ3v) is 8.24. The summed E-state index contributed by atoms with van der Waals surface area (Å²) in [6.07, 6.45) is -0.620. The minimum absolute atomic E-state index is 0.0206. The number of ketones is 1. The number of sulfonamides is 1. The Kier molecular flexibility index (Phi) is 7.18. The molecular weight excluding hydrogens is 490 g/mol. The average Bonchev–Trinajstić information content (AvgIpc) is 3.22. The Morgan fingerprint density at radius 2 is 1.68 bits per heavy atom. The summed E-state index contributed by atoms with van der Waals surface area (Å²) in [5.74, 6) is 0.825. The molecule has 3 aromatic carbocycles.